The van der Waals surface area contributed by atoms with E-state index in [4.69, 9.17) is 10.5 Å². The Hall–Kier alpha value is -1.90. The maximum atomic E-state index is 13.8. The predicted octanol–water partition coefficient (Wildman–Crippen LogP) is 1.29. The molecule has 0 spiro atoms. The lowest BCUT2D eigenvalue weighted by Crippen LogP contribution is -2.36. The number of hydrogen-bond donors (Lipinski definition) is 2. The molecule has 0 saturated carbocycles. The Bertz CT molecular complexity index is 520. The van der Waals surface area contributed by atoms with Gasteiger partial charge < -0.3 is 15.8 Å². The number of hydrogen-bond acceptors (Lipinski definition) is 3. The van der Waals surface area contributed by atoms with Gasteiger partial charge in [-0.2, -0.15) is 0 Å². The summed E-state index contributed by atoms with van der Waals surface area (Å²) in [4.78, 5) is 11.9. The average molecular weight is 278 g/mol. The van der Waals surface area contributed by atoms with E-state index in [2.05, 4.69) is 17.2 Å². The largest absolute Gasteiger partial charge is 0.380 e. The van der Waals surface area contributed by atoms with Crippen molar-refractivity contribution in [3.05, 3.63) is 35.1 Å². The van der Waals surface area contributed by atoms with Crippen LogP contribution >= 0.6 is 0 Å². The van der Waals surface area contributed by atoms with Crippen LogP contribution in [0.15, 0.2) is 18.2 Å². The first-order valence-electron chi connectivity index (χ1n) is 6.45. The van der Waals surface area contributed by atoms with Gasteiger partial charge in [-0.15, -0.1) is 0 Å². The second-order valence-corrected chi connectivity index (χ2v) is 4.23. The van der Waals surface area contributed by atoms with E-state index in [0.717, 1.165) is 0 Å². The lowest BCUT2D eigenvalue weighted by Gasteiger charge is -2.14. The minimum Gasteiger partial charge on any atom is -0.380 e. The number of nitrogens with two attached hydrogens (primary N) is 1. The zero-order valence-corrected chi connectivity index (χ0v) is 11.7. The van der Waals surface area contributed by atoms with Crippen LogP contribution in [-0.2, 0) is 4.74 Å². The molecular weight excluding hydrogens is 259 g/mol. The van der Waals surface area contributed by atoms with Gasteiger partial charge in [0, 0.05) is 18.2 Å². The van der Waals surface area contributed by atoms with Crippen LogP contribution in [0.2, 0.25) is 0 Å². The van der Waals surface area contributed by atoms with E-state index in [-0.39, 0.29) is 18.2 Å². The highest BCUT2D eigenvalue weighted by atomic mass is 19.1. The summed E-state index contributed by atoms with van der Waals surface area (Å²) in [5, 5.41) is 2.67. The number of carbonyl (C=O) groups excluding carboxylic acids is 1. The van der Waals surface area contributed by atoms with Gasteiger partial charge in [0.2, 0.25) is 0 Å². The van der Waals surface area contributed by atoms with E-state index in [1.165, 1.54) is 12.1 Å². The van der Waals surface area contributed by atoms with Gasteiger partial charge in [-0.05, 0) is 32.0 Å². The molecule has 5 heteroatoms. The van der Waals surface area contributed by atoms with Gasteiger partial charge in [-0.25, -0.2) is 4.39 Å². The van der Waals surface area contributed by atoms with E-state index in [9.17, 15) is 9.18 Å². The Morgan fingerprint density at radius 1 is 1.55 bits per heavy atom. The third-order valence-electron chi connectivity index (χ3n) is 2.50. The fraction of sp³-hybridized carbons (Fsp3) is 0.400. The fourth-order valence-corrected chi connectivity index (χ4v) is 1.57. The molecule has 3 N–H and O–H groups in total. The summed E-state index contributed by atoms with van der Waals surface area (Å²) in [5.74, 6) is 4.28. The SMILES string of the molecule is CCOCC(C)NC(=O)c1ccc(C#CCN)cc1F. The number of halogens is 1. The third-order valence-corrected chi connectivity index (χ3v) is 2.50. The molecule has 1 amide bonds. The number of benzene rings is 1. The van der Waals surface area contributed by atoms with Crippen LogP contribution in [0, 0.1) is 17.7 Å². The van der Waals surface area contributed by atoms with Crippen molar-refractivity contribution in [3.8, 4) is 11.8 Å². The van der Waals surface area contributed by atoms with Crippen LogP contribution in [0.4, 0.5) is 4.39 Å². The van der Waals surface area contributed by atoms with Crippen molar-refractivity contribution in [1.82, 2.24) is 5.32 Å². The molecule has 0 fully saturated rings. The highest BCUT2D eigenvalue weighted by Gasteiger charge is 2.14. The number of ether oxygens (including phenoxy) is 1. The molecule has 1 aromatic rings. The zero-order valence-electron chi connectivity index (χ0n) is 11.7. The number of carbonyl (C=O) groups is 1. The van der Waals surface area contributed by atoms with Crippen molar-refractivity contribution in [3.63, 3.8) is 0 Å². The fourth-order valence-electron chi connectivity index (χ4n) is 1.57. The lowest BCUT2D eigenvalue weighted by atomic mass is 10.1. The van der Waals surface area contributed by atoms with Gasteiger partial charge in [0.15, 0.2) is 0 Å². The van der Waals surface area contributed by atoms with Crippen molar-refractivity contribution in [2.45, 2.75) is 19.9 Å². The quantitative estimate of drug-likeness (QED) is 0.798. The summed E-state index contributed by atoms with van der Waals surface area (Å²) in [6.07, 6.45) is 0. The smallest absolute Gasteiger partial charge is 0.254 e. The van der Waals surface area contributed by atoms with Crippen LogP contribution in [0.1, 0.15) is 29.8 Å². The van der Waals surface area contributed by atoms with Crippen molar-refractivity contribution in [2.75, 3.05) is 19.8 Å². The van der Waals surface area contributed by atoms with E-state index < -0.39 is 11.7 Å². The summed E-state index contributed by atoms with van der Waals surface area (Å²) >= 11 is 0. The maximum absolute atomic E-state index is 13.8. The Labute approximate surface area is 118 Å². The molecule has 0 aliphatic carbocycles. The summed E-state index contributed by atoms with van der Waals surface area (Å²) in [7, 11) is 0. The van der Waals surface area contributed by atoms with Gasteiger partial charge in [0.1, 0.15) is 5.82 Å². The molecule has 0 aliphatic rings. The van der Waals surface area contributed by atoms with Crippen LogP contribution in [-0.4, -0.2) is 31.7 Å². The minimum atomic E-state index is -0.602. The number of rotatable bonds is 5. The van der Waals surface area contributed by atoms with Gasteiger partial charge in [-0.3, -0.25) is 4.79 Å². The molecule has 108 valence electrons. The Morgan fingerprint density at radius 3 is 2.90 bits per heavy atom. The molecular formula is C15H19FN2O2. The third kappa shape index (κ3) is 5.00. The molecule has 1 rings (SSSR count). The number of nitrogens with one attached hydrogen (secondary N) is 1. The molecule has 0 saturated heterocycles. The van der Waals surface area contributed by atoms with Gasteiger partial charge in [0.25, 0.3) is 5.91 Å². The monoisotopic (exact) mass is 278 g/mol. The second-order valence-electron chi connectivity index (χ2n) is 4.23. The second kappa shape index (κ2) is 8.31. The van der Waals surface area contributed by atoms with Crippen molar-refractivity contribution >= 4 is 5.91 Å². The normalized spacial score (nSPS) is 11.4. The van der Waals surface area contributed by atoms with Gasteiger partial charge in [-0.1, -0.05) is 11.8 Å². The van der Waals surface area contributed by atoms with Crippen LogP contribution in [0.5, 0.6) is 0 Å². The first-order valence-corrected chi connectivity index (χ1v) is 6.45. The molecule has 0 radical (unpaired) electrons. The van der Waals surface area contributed by atoms with Crippen LogP contribution in [0.25, 0.3) is 0 Å². The Balaban J connectivity index is 2.73. The average Bonchev–Trinajstić information content (AvgIpc) is 2.42. The standard InChI is InChI=1S/C15H19FN2O2/c1-3-20-10-11(2)18-15(19)13-7-6-12(5-4-8-17)9-14(13)16/h6-7,9,11H,3,8,10,17H2,1-2H3,(H,18,19). The zero-order chi connectivity index (χ0) is 15.0. The minimum absolute atomic E-state index is 0.00773. The van der Waals surface area contributed by atoms with Gasteiger partial charge >= 0.3 is 0 Å². The Kier molecular flexibility index (Phi) is 6.71. The molecule has 1 aromatic carbocycles. The number of amides is 1. The molecule has 0 aromatic heterocycles. The Morgan fingerprint density at radius 2 is 2.30 bits per heavy atom. The van der Waals surface area contributed by atoms with E-state index in [1.54, 1.807) is 13.0 Å². The highest BCUT2D eigenvalue weighted by Crippen LogP contribution is 2.10. The first-order chi connectivity index (χ1) is 9.58. The summed E-state index contributed by atoms with van der Waals surface area (Å²) in [5.41, 5.74) is 5.73. The van der Waals surface area contributed by atoms with Crippen molar-refractivity contribution in [1.29, 1.82) is 0 Å². The topological polar surface area (TPSA) is 64.3 Å². The predicted molar refractivity (Wildman–Crippen MR) is 75.8 cm³/mol. The van der Waals surface area contributed by atoms with Crippen LogP contribution < -0.4 is 11.1 Å². The summed E-state index contributed by atoms with van der Waals surface area (Å²) < 4.78 is 19.0. The molecule has 20 heavy (non-hydrogen) atoms. The van der Waals surface area contributed by atoms with Crippen LogP contribution in [0.3, 0.4) is 0 Å². The highest BCUT2D eigenvalue weighted by molar-refractivity contribution is 5.94. The molecule has 1 atom stereocenters. The van der Waals surface area contributed by atoms with E-state index in [0.29, 0.717) is 18.8 Å². The molecule has 4 nitrogen and oxygen atoms in total. The molecule has 0 bridgehead atoms. The van der Waals surface area contributed by atoms with Gasteiger partial charge in [0.05, 0.1) is 18.7 Å². The van der Waals surface area contributed by atoms with Crippen molar-refractivity contribution < 1.29 is 13.9 Å². The molecule has 1 unspecified atom stereocenters. The van der Waals surface area contributed by atoms with E-state index in [1.807, 2.05) is 6.92 Å². The summed E-state index contributed by atoms with van der Waals surface area (Å²) in [6, 6.07) is 4.05. The molecule has 0 aliphatic heterocycles. The van der Waals surface area contributed by atoms with E-state index >= 15 is 0 Å². The molecule has 0 heterocycles. The van der Waals surface area contributed by atoms with Crippen molar-refractivity contribution in [2.24, 2.45) is 5.73 Å². The maximum Gasteiger partial charge on any atom is 0.254 e. The first kappa shape index (κ1) is 16.2. The lowest BCUT2D eigenvalue weighted by molar-refractivity contribution is 0.0868. The summed E-state index contributed by atoms with van der Waals surface area (Å²) in [6.45, 7) is 4.84.